The third-order valence-electron chi connectivity index (χ3n) is 3.45. The molecule has 0 bridgehead atoms. The molecule has 1 unspecified atom stereocenters. The first-order chi connectivity index (χ1) is 10.8. The van der Waals surface area contributed by atoms with Crippen LogP contribution in [0.25, 0.3) is 0 Å². The average Bonchev–Trinajstić information content (AvgIpc) is 2.82. The molecule has 23 heavy (non-hydrogen) atoms. The Kier molecular flexibility index (Phi) is 5.05. The minimum atomic E-state index is -3.77. The van der Waals surface area contributed by atoms with Crippen LogP contribution in [0.5, 0.6) is 0 Å². The van der Waals surface area contributed by atoms with Crippen LogP contribution in [0.15, 0.2) is 36.4 Å². The van der Waals surface area contributed by atoms with Crippen molar-refractivity contribution < 1.29 is 17.9 Å². The van der Waals surface area contributed by atoms with Crippen LogP contribution in [0.3, 0.4) is 0 Å². The van der Waals surface area contributed by atoms with Crippen LogP contribution in [-0.2, 0) is 26.6 Å². The molecule has 0 aliphatic heterocycles. The highest BCUT2D eigenvalue weighted by atomic mass is 32.2. The van der Waals surface area contributed by atoms with E-state index < -0.39 is 27.7 Å². The number of aromatic nitrogens is 2. The van der Waals surface area contributed by atoms with Gasteiger partial charge in [0.15, 0.2) is 5.82 Å². The molecule has 0 aliphatic carbocycles. The van der Waals surface area contributed by atoms with E-state index in [1.807, 2.05) is 6.92 Å². The number of anilines is 1. The minimum absolute atomic E-state index is 0.224. The van der Waals surface area contributed by atoms with Crippen molar-refractivity contribution in [2.24, 2.45) is 7.05 Å². The molecule has 7 nitrogen and oxygen atoms in total. The van der Waals surface area contributed by atoms with Gasteiger partial charge in [0.05, 0.1) is 18.8 Å². The molecule has 1 N–H and O–H groups in total. The zero-order valence-corrected chi connectivity index (χ0v) is 14.0. The summed E-state index contributed by atoms with van der Waals surface area (Å²) in [5.74, 6) is -1.69. The van der Waals surface area contributed by atoms with E-state index in [4.69, 9.17) is 4.74 Å². The van der Waals surface area contributed by atoms with Crippen LogP contribution in [0.1, 0.15) is 17.2 Å². The molecule has 0 fully saturated rings. The molecule has 0 radical (unpaired) electrons. The Morgan fingerprint density at radius 2 is 2.00 bits per heavy atom. The SMILES string of the molecule is COC(=O)C(CS(=O)(=O)Nc1cc(C)n(C)n1)c1ccccc1. The summed E-state index contributed by atoms with van der Waals surface area (Å²) < 4.78 is 33.4. The molecule has 1 heterocycles. The van der Waals surface area contributed by atoms with E-state index in [1.165, 1.54) is 7.11 Å². The highest BCUT2D eigenvalue weighted by Crippen LogP contribution is 2.20. The zero-order chi connectivity index (χ0) is 17.0. The third kappa shape index (κ3) is 4.32. The third-order valence-corrected chi connectivity index (χ3v) is 4.74. The first kappa shape index (κ1) is 17.0. The van der Waals surface area contributed by atoms with Crippen molar-refractivity contribution >= 4 is 21.8 Å². The van der Waals surface area contributed by atoms with Gasteiger partial charge in [-0.15, -0.1) is 0 Å². The van der Waals surface area contributed by atoms with Gasteiger partial charge in [0.2, 0.25) is 10.0 Å². The van der Waals surface area contributed by atoms with E-state index in [2.05, 4.69) is 9.82 Å². The van der Waals surface area contributed by atoms with Gasteiger partial charge >= 0.3 is 5.97 Å². The molecule has 0 saturated carbocycles. The number of aryl methyl sites for hydroxylation is 2. The van der Waals surface area contributed by atoms with Gasteiger partial charge in [-0.3, -0.25) is 14.2 Å². The van der Waals surface area contributed by atoms with E-state index in [0.29, 0.717) is 5.56 Å². The maximum Gasteiger partial charge on any atom is 0.314 e. The summed E-state index contributed by atoms with van der Waals surface area (Å²) in [6, 6.07) is 10.3. The Balaban J connectivity index is 2.22. The van der Waals surface area contributed by atoms with Crippen molar-refractivity contribution in [3.63, 3.8) is 0 Å². The Morgan fingerprint density at radius 3 is 2.52 bits per heavy atom. The van der Waals surface area contributed by atoms with Crippen molar-refractivity contribution in [1.29, 1.82) is 0 Å². The standard InChI is InChI=1S/C15H19N3O4S/c1-11-9-14(16-18(11)2)17-23(20,21)10-13(15(19)22-3)12-7-5-4-6-8-12/h4-9,13H,10H2,1-3H3,(H,16,17). The summed E-state index contributed by atoms with van der Waals surface area (Å²) in [6.07, 6.45) is 0. The van der Waals surface area contributed by atoms with Crippen molar-refractivity contribution in [1.82, 2.24) is 9.78 Å². The van der Waals surface area contributed by atoms with Crippen LogP contribution in [-0.4, -0.2) is 37.0 Å². The van der Waals surface area contributed by atoms with E-state index in [0.717, 1.165) is 5.69 Å². The molecule has 2 aromatic rings. The number of benzene rings is 1. The van der Waals surface area contributed by atoms with Gasteiger partial charge in [-0.05, 0) is 12.5 Å². The van der Waals surface area contributed by atoms with Crippen LogP contribution in [0, 0.1) is 6.92 Å². The van der Waals surface area contributed by atoms with E-state index >= 15 is 0 Å². The second-order valence-corrected chi connectivity index (χ2v) is 6.93. The maximum atomic E-state index is 12.4. The van der Waals surface area contributed by atoms with E-state index in [-0.39, 0.29) is 5.82 Å². The molecule has 0 spiro atoms. The lowest BCUT2D eigenvalue weighted by Crippen LogP contribution is -2.27. The van der Waals surface area contributed by atoms with Crippen LogP contribution in [0.4, 0.5) is 5.82 Å². The number of nitrogens with one attached hydrogen (secondary N) is 1. The van der Waals surface area contributed by atoms with Gasteiger partial charge in [0.1, 0.15) is 0 Å². The molecule has 1 aromatic heterocycles. The highest BCUT2D eigenvalue weighted by Gasteiger charge is 2.28. The van der Waals surface area contributed by atoms with Crippen molar-refractivity contribution in [3.05, 3.63) is 47.7 Å². The van der Waals surface area contributed by atoms with Crippen LogP contribution >= 0.6 is 0 Å². The number of methoxy groups -OCH3 is 1. The lowest BCUT2D eigenvalue weighted by atomic mass is 10.0. The quantitative estimate of drug-likeness (QED) is 0.805. The summed E-state index contributed by atoms with van der Waals surface area (Å²) in [5, 5.41) is 4.05. The molecule has 0 saturated heterocycles. The summed E-state index contributed by atoms with van der Waals surface area (Å²) in [6.45, 7) is 1.81. The Labute approximate surface area is 135 Å². The number of nitrogens with zero attached hydrogens (tertiary/aromatic N) is 2. The first-order valence-corrected chi connectivity index (χ1v) is 8.61. The average molecular weight is 337 g/mol. The van der Waals surface area contributed by atoms with Gasteiger partial charge in [-0.2, -0.15) is 5.10 Å². The number of hydrogen-bond donors (Lipinski definition) is 1. The van der Waals surface area contributed by atoms with Gasteiger partial charge in [0.25, 0.3) is 0 Å². The number of carbonyl (C=O) groups is 1. The summed E-state index contributed by atoms with van der Waals surface area (Å²) in [4.78, 5) is 12.0. The molecule has 2 rings (SSSR count). The van der Waals surface area contributed by atoms with E-state index in [9.17, 15) is 13.2 Å². The number of ether oxygens (including phenoxy) is 1. The van der Waals surface area contributed by atoms with Crippen LogP contribution < -0.4 is 4.72 Å². The molecule has 1 atom stereocenters. The Hall–Kier alpha value is -2.35. The fourth-order valence-electron chi connectivity index (χ4n) is 2.16. The highest BCUT2D eigenvalue weighted by molar-refractivity contribution is 7.92. The maximum absolute atomic E-state index is 12.4. The lowest BCUT2D eigenvalue weighted by Gasteiger charge is -2.15. The molecule has 1 aromatic carbocycles. The summed E-state index contributed by atoms with van der Waals surface area (Å²) >= 11 is 0. The van der Waals surface area contributed by atoms with Crippen molar-refractivity contribution in [2.45, 2.75) is 12.8 Å². The predicted molar refractivity (Wildman–Crippen MR) is 86.6 cm³/mol. The molecule has 124 valence electrons. The summed E-state index contributed by atoms with van der Waals surface area (Å²) in [5.41, 5.74) is 1.40. The molecular weight excluding hydrogens is 318 g/mol. The number of sulfonamides is 1. The van der Waals surface area contributed by atoms with Crippen molar-refractivity contribution in [2.75, 3.05) is 17.6 Å². The smallest absolute Gasteiger partial charge is 0.314 e. The second-order valence-electron chi connectivity index (χ2n) is 5.16. The number of hydrogen-bond acceptors (Lipinski definition) is 5. The zero-order valence-electron chi connectivity index (χ0n) is 13.2. The largest absolute Gasteiger partial charge is 0.469 e. The monoisotopic (exact) mass is 337 g/mol. The minimum Gasteiger partial charge on any atom is -0.469 e. The number of rotatable bonds is 6. The normalized spacial score (nSPS) is 12.7. The number of carbonyl (C=O) groups excluding carboxylic acids is 1. The Morgan fingerprint density at radius 1 is 1.35 bits per heavy atom. The molecule has 8 heteroatoms. The first-order valence-electron chi connectivity index (χ1n) is 6.96. The van der Waals surface area contributed by atoms with Crippen molar-refractivity contribution in [3.8, 4) is 0 Å². The van der Waals surface area contributed by atoms with E-state index in [1.54, 1.807) is 48.1 Å². The number of esters is 1. The molecular formula is C15H19N3O4S. The van der Waals surface area contributed by atoms with Gasteiger partial charge in [-0.1, -0.05) is 30.3 Å². The Bertz CT molecular complexity index is 765. The van der Waals surface area contributed by atoms with Gasteiger partial charge in [0, 0.05) is 18.8 Å². The molecule has 0 aliphatic rings. The van der Waals surface area contributed by atoms with Gasteiger partial charge in [-0.25, -0.2) is 8.42 Å². The second kappa shape index (κ2) is 6.82. The predicted octanol–water partition coefficient (Wildman–Crippen LogP) is 1.43. The summed E-state index contributed by atoms with van der Waals surface area (Å²) in [7, 11) is -0.814. The van der Waals surface area contributed by atoms with Crippen LogP contribution in [0.2, 0.25) is 0 Å². The molecule has 0 amide bonds. The fraction of sp³-hybridized carbons (Fsp3) is 0.333. The van der Waals surface area contributed by atoms with Gasteiger partial charge < -0.3 is 4.74 Å². The topological polar surface area (TPSA) is 90.3 Å². The fourth-order valence-corrected chi connectivity index (χ4v) is 3.43. The lowest BCUT2D eigenvalue weighted by molar-refractivity contribution is -0.141.